The number of hydrogen-bond acceptors (Lipinski definition) is 2. The number of likely N-dealkylation sites (tertiary alicyclic amines) is 1. The van der Waals surface area contributed by atoms with Crippen LogP contribution in [0.15, 0.2) is 24.3 Å². The summed E-state index contributed by atoms with van der Waals surface area (Å²) in [5, 5.41) is 7.00. The third-order valence-corrected chi connectivity index (χ3v) is 4.31. The summed E-state index contributed by atoms with van der Waals surface area (Å²) in [4.78, 5) is 14.1. The average Bonchev–Trinajstić information content (AvgIpc) is 2.85. The fourth-order valence-corrected chi connectivity index (χ4v) is 3.10. The van der Waals surface area contributed by atoms with E-state index in [0.717, 1.165) is 31.9 Å². The van der Waals surface area contributed by atoms with E-state index in [1.54, 1.807) is 12.1 Å². The van der Waals surface area contributed by atoms with Gasteiger partial charge in [-0.3, -0.25) is 0 Å². The number of benzene rings is 1. The van der Waals surface area contributed by atoms with Crippen LogP contribution in [-0.4, -0.2) is 37.1 Å². The number of carbonyl (C=O) groups is 1. The van der Waals surface area contributed by atoms with Gasteiger partial charge in [-0.1, -0.05) is 11.6 Å². The Kier molecular flexibility index (Phi) is 3.62. The van der Waals surface area contributed by atoms with Crippen molar-refractivity contribution in [2.75, 3.05) is 31.5 Å². The number of carbonyl (C=O) groups excluding carboxylic acids is 1. The van der Waals surface area contributed by atoms with Crippen LogP contribution in [0.5, 0.6) is 0 Å². The number of hydrogen-bond donors (Lipinski definition) is 2. The lowest BCUT2D eigenvalue weighted by Crippen LogP contribution is -2.35. The normalized spacial score (nSPS) is 26.1. The molecule has 102 valence electrons. The summed E-state index contributed by atoms with van der Waals surface area (Å²) in [6, 6.07) is 7.21. The zero-order valence-corrected chi connectivity index (χ0v) is 11.5. The second kappa shape index (κ2) is 5.39. The zero-order valence-electron chi connectivity index (χ0n) is 10.7. The van der Waals surface area contributed by atoms with Crippen molar-refractivity contribution in [2.45, 2.75) is 6.42 Å². The molecule has 2 saturated heterocycles. The molecule has 4 nitrogen and oxygen atoms in total. The highest BCUT2D eigenvalue weighted by Gasteiger charge is 2.36. The van der Waals surface area contributed by atoms with Gasteiger partial charge in [-0.15, -0.1) is 0 Å². The number of piperidine rings is 1. The molecule has 0 bridgehead atoms. The van der Waals surface area contributed by atoms with Crippen LogP contribution in [0.1, 0.15) is 6.42 Å². The maximum Gasteiger partial charge on any atom is 0.321 e. The van der Waals surface area contributed by atoms with E-state index in [0.29, 0.717) is 16.9 Å². The van der Waals surface area contributed by atoms with Crippen LogP contribution >= 0.6 is 11.6 Å². The van der Waals surface area contributed by atoms with Gasteiger partial charge >= 0.3 is 6.03 Å². The third kappa shape index (κ3) is 2.85. The molecular weight excluding hydrogens is 262 g/mol. The monoisotopic (exact) mass is 279 g/mol. The van der Waals surface area contributed by atoms with E-state index in [-0.39, 0.29) is 6.03 Å². The summed E-state index contributed by atoms with van der Waals surface area (Å²) in [5.74, 6) is 1.28. The third-order valence-electron chi connectivity index (χ3n) is 4.06. The molecule has 1 aromatic carbocycles. The van der Waals surface area contributed by atoms with Crippen LogP contribution in [0.4, 0.5) is 10.5 Å². The molecule has 2 fully saturated rings. The summed E-state index contributed by atoms with van der Waals surface area (Å²) < 4.78 is 0. The number of fused-ring (bicyclic) bond motifs is 1. The summed E-state index contributed by atoms with van der Waals surface area (Å²) in [6.45, 7) is 3.85. The number of urea groups is 1. The maximum atomic E-state index is 12.2. The molecule has 2 aliphatic rings. The summed E-state index contributed by atoms with van der Waals surface area (Å²) in [7, 11) is 0. The van der Waals surface area contributed by atoms with Gasteiger partial charge in [-0.25, -0.2) is 4.79 Å². The molecule has 0 spiro atoms. The number of anilines is 1. The Bertz CT molecular complexity index is 448. The van der Waals surface area contributed by atoms with E-state index < -0.39 is 0 Å². The zero-order chi connectivity index (χ0) is 13.2. The second-order valence-electron chi connectivity index (χ2n) is 5.35. The summed E-state index contributed by atoms with van der Waals surface area (Å²) >= 11 is 5.83. The van der Waals surface area contributed by atoms with E-state index >= 15 is 0 Å². The van der Waals surface area contributed by atoms with Gasteiger partial charge in [0.1, 0.15) is 0 Å². The van der Waals surface area contributed by atoms with Crippen molar-refractivity contribution < 1.29 is 4.79 Å². The average molecular weight is 280 g/mol. The van der Waals surface area contributed by atoms with Crippen molar-refractivity contribution in [1.29, 1.82) is 0 Å². The minimum Gasteiger partial charge on any atom is -0.324 e. The molecule has 2 unspecified atom stereocenters. The van der Waals surface area contributed by atoms with Crippen LogP contribution in [0.3, 0.4) is 0 Å². The van der Waals surface area contributed by atoms with E-state index in [1.165, 1.54) is 6.42 Å². The Morgan fingerprint density at radius 2 is 2.00 bits per heavy atom. The summed E-state index contributed by atoms with van der Waals surface area (Å²) in [5.41, 5.74) is 0.794. The van der Waals surface area contributed by atoms with Crippen molar-refractivity contribution in [3.8, 4) is 0 Å². The molecule has 19 heavy (non-hydrogen) atoms. The molecule has 0 radical (unpaired) electrons. The topological polar surface area (TPSA) is 44.4 Å². The van der Waals surface area contributed by atoms with Crippen LogP contribution in [0.25, 0.3) is 0 Å². The Morgan fingerprint density at radius 1 is 1.26 bits per heavy atom. The van der Waals surface area contributed by atoms with Gasteiger partial charge in [-0.2, -0.15) is 0 Å². The van der Waals surface area contributed by atoms with Gasteiger partial charge in [0, 0.05) is 23.8 Å². The lowest BCUT2D eigenvalue weighted by molar-refractivity contribution is 0.220. The maximum absolute atomic E-state index is 12.2. The Hall–Kier alpha value is -1.26. The van der Waals surface area contributed by atoms with E-state index in [4.69, 9.17) is 11.6 Å². The van der Waals surface area contributed by atoms with E-state index in [2.05, 4.69) is 10.6 Å². The minimum atomic E-state index is -0.00303. The van der Waals surface area contributed by atoms with Crippen molar-refractivity contribution in [3.05, 3.63) is 29.3 Å². The Labute approximate surface area is 118 Å². The SMILES string of the molecule is O=C(Nc1ccc(Cl)cc1)N1CC2CCNCC2C1. The number of nitrogens with zero attached hydrogens (tertiary/aromatic N) is 1. The molecule has 2 atom stereocenters. The number of nitrogens with one attached hydrogen (secondary N) is 2. The molecule has 2 N–H and O–H groups in total. The molecule has 0 aromatic heterocycles. The molecule has 5 heteroatoms. The quantitative estimate of drug-likeness (QED) is 0.829. The lowest BCUT2D eigenvalue weighted by atomic mass is 9.90. The highest BCUT2D eigenvalue weighted by atomic mass is 35.5. The molecule has 2 aliphatic heterocycles. The Balaban J connectivity index is 1.60. The van der Waals surface area contributed by atoms with Gasteiger partial charge in [-0.05, 0) is 55.6 Å². The molecule has 2 amide bonds. The fourth-order valence-electron chi connectivity index (χ4n) is 2.97. The van der Waals surface area contributed by atoms with Gasteiger partial charge in [0.2, 0.25) is 0 Å². The first-order valence-corrected chi connectivity index (χ1v) is 7.12. The van der Waals surface area contributed by atoms with Gasteiger partial charge < -0.3 is 15.5 Å². The van der Waals surface area contributed by atoms with Gasteiger partial charge in [0.05, 0.1) is 0 Å². The van der Waals surface area contributed by atoms with Gasteiger partial charge in [0.15, 0.2) is 0 Å². The number of amides is 2. The largest absolute Gasteiger partial charge is 0.324 e. The van der Waals surface area contributed by atoms with Crippen LogP contribution in [0, 0.1) is 11.8 Å². The van der Waals surface area contributed by atoms with Crippen LogP contribution < -0.4 is 10.6 Å². The predicted octanol–water partition coefficient (Wildman–Crippen LogP) is 2.41. The first-order valence-electron chi connectivity index (χ1n) is 6.74. The second-order valence-corrected chi connectivity index (χ2v) is 5.79. The van der Waals surface area contributed by atoms with Crippen LogP contribution in [0.2, 0.25) is 5.02 Å². The van der Waals surface area contributed by atoms with E-state index in [9.17, 15) is 4.79 Å². The number of halogens is 1. The molecule has 2 heterocycles. The summed E-state index contributed by atoms with van der Waals surface area (Å²) in [6.07, 6.45) is 1.18. The smallest absolute Gasteiger partial charge is 0.321 e. The van der Waals surface area contributed by atoms with Crippen molar-refractivity contribution in [1.82, 2.24) is 10.2 Å². The fraction of sp³-hybridized carbons (Fsp3) is 0.500. The lowest BCUT2D eigenvalue weighted by Gasteiger charge is -2.23. The molecule has 1 aromatic rings. The molecular formula is C14H18ClN3O. The van der Waals surface area contributed by atoms with E-state index in [1.807, 2.05) is 17.0 Å². The minimum absolute atomic E-state index is 0.00303. The standard InChI is InChI=1S/C14H18ClN3O/c15-12-1-3-13(4-2-12)17-14(19)18-8-10-5-6-16-7-11(10)9-18/h1-4,10-11,16H,5-9H2,(H,17,19). The molecule has 0 aliphatic carbocycles. The van der Waals surface area contributed by atoms with Crippen molar-refractivity contribution >= 4 is 23.3 Å². The predicted molar refractivity (Wildman–Crippen MR) is 76.5 cm³/mol. The molecule has 3 rings (SSSR count). The first kappa shape index (κ1) is 12.8. The Morgan fingerprint density at radius 3 is 2.74 bits per heavy atom. The molecule has 0 saturated carbocycles. The van der Waals surface area contributed by atoms with Crippen molar-refractivity contribution in [3.63, 3.8) is 0 Å². The highest BCUT2D eigenvalue weighted by Crippen LogP contribution is 2.28. The number of rotatable bonds is 1. The van der Waals surface area contributed by atoms with Crippen molar-refractivity contribution in [2.24, 2.45) is 11.8 Å². The first-order chi connectivity index (χ1) is 9.22. The van der Waals surface area contributed by atoms with Crippen LogP contribution in [-0.2, 0) is 0 Å². The highest BCUT2D eigenvalue weighted by molar-refractivity contribution is 6.30. The van der Waals surface area contributed by atoms with Gasteiger partial charge in [0.25, 0.3) is 0 Å².